The summed E-state index contributed by atoms with van der Waals surface area (Å²) in [5.74, 6) is -0.0525. The SMILES string of the molecule is COc1ccc(N2C[C@@H](C(=O)NCc3n[nH]c(=O)c4ccccc34)CC2=O)cc1. The molecular weight excluding hydrogens is 372 g/mol. The third-order valence-electron chi connectivity index (χ3n) is 5.08. The fourth-order valence-electron chi connectivity index (χ4n) is 3.52. The number of H-pyrrole nitrogens is 1. The molecule has 0 radical (unpaired) electrons. The molecule has 0 saturated carbocycles. The molecule has 1 atom stereocenters. The van der Waals surface area contributed by atoms with E-state index in [4.69, 9.17) is 4.74 Å². The van der Waals surface area contributed by atoms with Crippen LogP contribution in [0.3, 0.4) is 0 Å². The van der Waals surface area contributed by atoms with Crippen LogP contribution in [-0.2, 0) is 16.1 Å². The first-order valence-corrected chi connectivity index (χ1v) is 9.25. The highest BCUT2D eigenvalue weighted by molar-refractivity contribution is 6.00. The molecule has 8 heteroatoms. The number of rotatable bonds is 5. The molecule has 0 unspecified atom stereocenters. The van der Waals surface area contributed by atoms with Crippen molar-refractivity contribution in [2.75, 3.05) is 18.6 Å². The molecule has 29 heavy (non-hydrogen) atoms. The van der Waals surface area contributed by atoms with E-state index < -0.39 is 5.92 Å². The number of anilines is 1. The lowest BCUT2D eigenvalue weighted by Gasteiger charge is -2.17. The van der Waals surface area contributed by atoms with Crippen LogP contribution >= 0.6 is 0 Å². The predicted octanol–water partition coefficient (Wildman–Crippen LogP) is 1.60. The van der Waals surface area contributed by atoms with Gasteiger partial charge in [-0.15, -0.1) is 0 Å². The van der Waals surface area contributed by atoms with Crippen molar-refractivity contribution in [3.63, 3.8) is 0 Å². The Balaban J connectivity index is 1.44. The molecule has 2 N–H and O–H groups in total. The Morgan fingerprint density at radius 3 is 2.62 bits per heavy atom. The Kier molecular flexibility index (Phi) is 4.99. The topological polar surface area (TPSA) is 104 Å². The van der Waals surface area contributed by atoms with Crippen LogP contribution in [0.15, 0.2) is 53.3 Å². The molecule has 0 bridgehead atoms. The molecular formula is C21H20N4O4. The van der Waals surface area contributed by atoms with Crippen LogP contribution in [0.4, 0.5) is 5.69 Å². The number of carbonyl (C=O) groups excluding carboxylic acids is 2. The molecule has 3 aromatic rings. The molecule has 2 amide bonds. The van der Waals surface area contributed by atoms with Crippen molar-refractivity contribution in [3.05, 3.63) is 64.6 Å². The number of methoxy groups -OCH3 is 1. The minimum absolute atomic E-state index is 0.0945. The number of hydrogen-bond donors (Lipinski definition) is 2. The van der Waals surface area contributed by atoms with Crippen molar-refractivity contribution in [3.8, 4) is 5.75 Å². The van der Waals surface area contributed by atoms with Gasteiger partial charge in [0.2, 0.25) is 11.8 Å². The maximum atomic E-state index is 12.6. The van der Waals surface area contributed by atoms with Crippen molar-refractivity contribution in [2.24, 2.45) is 5.92 Å². The molecule has 8 nitrogen and oxygen atoms in total. The van der Waals surface area contributed by atoms with Gasteiger partial charge < -0.3 is 15.0 Å². The maximum Gasteiger partial charge on any atom is 0.272 e. The van der Waals surface area contributed by atoms with Crippen LogP contribution in [0.25, 0.3) is 10.8 Å². The summed E-state index contributed by atoms with van der Waals surface area (Å²) in [5.41, 5.74) is 1.04. The van der Waals surface area contributed by atoms with E-state index in [0.717, 1.165) is 5.69 Å². The minimum Gasteiger partial charge on any atom is -0.497 e. The van der Waals surface area contributed by atoms with E-state index in [2.05, 4.69) is 15.5 Å². The minimum atomic E-state index is -0.446. The number of aromatic amines is 1. The van der Waals surface area contributed by atoms with Gasteiger partial charge >= 0.3 is 0 Å². The number of aromatic nitrogens is 2. The van der Waals surface area contributed by atoms with E-state index in [0.29, 0.717) is 28.8 Å². The molecule has 148 valence electrons. The number of carbonyl (C=O) groups is 2. The predicted molar refractivity (Wildman–Crippen MR) is 108 cm³/mol. The van der Waals surface area contributed by atoms with Crippen molar-refractivity contribution in [1.29, 1.82) is 0 Å². The largest absolute Gasteiger partial charge is 0.497 e. The molecule has 0 spiro atoms. The van der Waals surface area contributed by atoms with Crippen LogP contribution in [0.5, 0.6) is 5.75 Å². The highest BCUT2D eigenvalue weighted by atomic mass is 16.5. The third kappa shape index (κ3) is 3.69. The van der Waals surface area contributed by atoms with E-state index in [1.165, 1.54) is 0 Å². The Morgan fingerprint density at radius 1 is 1.17 bits per heavy atom. The zero-order valence-corrected chi connectivity index (χ0v) is 15.8. The molecule has 2 heterocycles. The molecule has 1 aromatic heterocycles. The fraction of sp³-hybridized carbons (Fsp3) is 0.238. The standard InChI is InChI=1S/C21H20N4O4/c1-29-15-8-6-14(7-9-15)25-12-13(10-19(25)26)20(27)22-11-18-16-4-2-3-5-17(16)21(28)24-23-18/h2-9,13H,10-12H2,1H3,(H,22,27)(H,24,28)/t13-/m0/s1. The Labute approximate surface area is 166 Å². The fourth-order valence-corrected chi connectivity index (χ4v) is 3.52. The van der Waals surface area contributed by atoms with Crippen LogP contribution in [0.2, 0.25) is 0 Å². The summed E-state index contributed by atoms with van der Waals surface area (Å²) in [6, 6.07) is 14.3. The number of nitrogens with zero attached hydrogens (tertiary/aromatic N) is 2. The van der Waals surface area contributed by atoms with Gasteiger partial charge in [0.25, 0.3) is 5.56 Å². The summed E-state index contributed by atoms with van der Waals surface area (Å²) in [5, 5.41) is 10.6. The zero-order valence-electron chi connectivity index (χ0n) is 15.8. The van der Waals surface area contributed by atoms with Gasteiger partial charge in [0.05, 0.1) is 30.7 Å². The van der Waals surface area contributed by atoms with Crippen LogP contribution in [0.1, 0.15) is 12.1 Å². The van der Waals surface area contributed by atoms with Crippen LogP contribution in [-0.4, -0.2) is 35.7 Å². The van der Waals surface area contributed by atoms with Gasteiger partial charge in [-0.1, -0.05) is 18.2 Å². The number of amides is 2. The Hall–Kier alpha value is -3.68. The highest BCUT2D eigenvalue weighted by Gasteiger charge is 2.35. The average molecular weight is 392 g/mol. The van der Waals surface area contributed by atoms with Crippen molar-refractivity contribution in [2.45, 2.75) is 13.0 Å². The molecule has 1 aliphatic rings. The molecule has 2 aromatic carbocycles. The van der Waals surface area contributed by atoms with E-state index in [1.807, 2.05) is 6.07 Å². The highest BCUT2D eigenvalue weighted by Crippen LogP contribution is 2.27. The summed E-state index contributed by atoms with van der Waals surface area (Å²) < 4.78 is 5.13. The molecule has 1 aliphatic heterocycles. The van der Waals surface area contributed by atoms with Gasteiger partial charge in [-0.2, -0.15) is 5.10 Å². The van der Waals surface area contributed by atoms with Gasteiger partial charge in [-0.3, -0.25) is 14.4 Å². The van der Waals surface area contributed by atoms with Gasteiger partial charge in [-0.25, -0.2) is 5.10 Å². The van der Waals surface area contributed by atoms with Gasteiger partial charge in [-0.05, 0) is 30.3 Å². The number of fused-ring (bicyclic) bond motifs is 1. The summed E-state index contributed by atoms with van der Waals surface area (Å²) in [4.78, 5) is 38.5. The second kappa shape index (κ2) is 7.75. The first-order chi connectivity index (χ1) is 14.1. The summed E-state index contributed by atoms with van der Waals surface area (Å²) in [6.07, 6.45) is 0.150. The zero-order chi connectivity index (χ0) is 20.4. The van der Waals surface area contributed by atoms with Crippen LogP contribution in [0, 0.1) is 5.92 Å². The number of nitrogens with one attached hydrogen (secondary N) is 2. The lowest BCUT2D eigenvalue weighted by atomic mass is 10.1. The van der Waals surface area contributed by atoms with E-state index in [9.17, 15) is 14.4 Å². The van der Waals surface area contributed by atoms with E-state index in [-0.39, 0.29) is 30.3 Å². The monoisotopic (exact) mass is 392 g/mol. The second-order valence-electron chi connectivity index (χ2n) is 6.87. The van der Waals surface area contributed by atoms with Crippen LogP contribution < -0.4 is 20.5 Å². The van der Waals surface area contributed by atoms with E-state index in [1.54, 1.807) is 54.5 Å². The number of ether oxygens (including phenoxy) is 1. The van der Waals surface area contributed by atoms with Crippen molar-refractivity contribution < 1.29 is 14.3 Å². The molecule has 1 fully saturated rings. The van der Waals surface area contributed by atoms with Gasteiger partial charge in [0.15, 0.2) is 0 Å². The second-order valence-corrected chi connectivity index (χ2v) is 6.87. The number of benzene rings is 2. The Morgan fingerprint density at radius 2 is 1.90 bits per heavy atom. The molecule has 1 saturated heterocycles. The van der Waals surface area contributed by atoms with Gasteiger partial charge in [0, 0.05) is 24.0 Å². The molecule has 4 rings (SSSR count). The lowest BCUT2D eigenvalue weighted by molar-refractivity contribution is -0.126. The average Bonchev–Trinajstić information content (AvgIpc) is 3.15. The maximum absolute atomic E-state index is 12.6. The van der Waals surface area contributed by atoms with Gasteiger partial charge in [0.1, 0.15) is 5.75 Å². The lowest BCUT2D eigenvalue weighted by Crippen LogP contribution is -2.33. The Bertz CT molecular complexity index is 1120. The summed E-state index contributed by atoms with van der Waals surface area (Å²) >= 11 is 0. The van der Waals surface area contributed by atoms with Crippen molar-refractivity contribution >= 4 is 28.3 Å². The third-order valence-corrected chi connectivity index (χ3v) is 5.08. The summed E-state index contributed by atoms with van der Waals surface area (Å²) in [6.45, 7) is 0.486. The molecule has 0 aliphatic carbocycles. The number of hydrogen-bond acceptors (Lipinski definition) is 5. The first kappa shape index (κ1) is 18.7. The summed E-state index contributed by atoms with van der Waals surface area (Å²) in [7, 11) is 1.58. The smallest absolute Gasteiger partial charge is 0.272 e. The first-order valence-electron chi connectivity index (χ1n) is 9.25. The van der Waals surface area contributed by atoms with Crippen molar-refractivity contribution in [1.82, 2.24) is 15.5 Å². The quantitative estimate of drug-likeness (QED) is 0.686. The normalized spacial score (nSPS) is 16.2. The van der Waals surface area contributed by atoms with E-state index >= 15 is 0 Å².